The Morgan fingerprint density at radius 1 is 1.10 bits per heavy atom. The molecule has 0 aliphatic carbocycles. The molecule has 0 aromatic heterocycles. The van der Waals surface area contributed by atoms with E-state index in [0.717, 1.165) is 0 Å². The van der Waals surface area contributed by atoms with Crippen LogP contribution in [0, 0.1) is 0 Å². The fraction of sp³-hybridized carbons (Fsp3) is 1.00. The highest BCUT2D eigenvalue weighted by atomic mass is 32.3. The summed E-state index contributed by atoms with van der Waals surface area (Å²) in [5.74, 6) is 0. The smallest absolute Gasteiger partial charge is 0.294 e. The molecule has 122 valence electrons. The molecule has 0 heterocycles. The molecule has 0 aliphatic heterocycles. The van der Waals surface area contributed by atoms with Crippen LogP contribution in [0.3, 0.4) is 0 Å². The van der Waals surface area contributed by atoms with Crippen LogP contribution >= 0.6 is 0 Å². The lowest BCUT2D eigenvalue weighted by atomic mass is 10.4. The van der Waals surface area contributed by atoms with E-state index in [1.807, 2.05) is 0 Å². The first-order valence-corrected chi connectivity index (χ1v) is 11.8. The van der Waals surface area contributed by atoms with Crippen LogP contribution in [0.5, 0.6) is 0 Å². The largest absolute Gasteiger partial charge is 0.390 e. The second kappa shape index (κ2) is 8.62. The maximum atomic E-state index is 11.4. The van der Waals surface area contributed by atoms with Crippen molar-refractivity contribution >= 4 is 41.4 Å². The van der Waals surface area contributed by atoms with Gasteiger partial charge in [-0.15, -0.1) is 0 Å². The highest BCUT2D eigenvalue weighted by molar-refractivity contribution is 7.83. The van der Waals surface area contributed by atoms with Crippen molar-refractivity contribution < 1.29 is 42.4 Å². The zero-order valence-corrected chi connectivity index (χ0v) is 14.3. The zero-order chi connectivity index (χ0) is 16.0. The Morgan fingerprint density at radius 3 is 2.05 bits per heavy atom. The first-order chi connectivity index (χ1) is 8.91. The van der Waals surface area contributed by atoms with Gasteiger partial charge in [0.05, 0.1) is 13.2 Å². The maximum Gasteiger partial charge on any atom is 0.390 e. The average Bonchev–Trinajstić information content (AvgIpc) is 2.18. The van der Waals surface area contributed by atoms with Gasteiger partial charge >= 0.3 is 33.1 Å². The average molecular weight is 372 g/mol. The highest BCUT2D eigenvalue weighted by Gasteiger charge is 2.27. The minimum Gasteiger partial charge on any atom is -0.294 e. The molecule has 0 aliphatic rings. The molecule has 20 heavy (non-hydrogen) atoms. The lowest BCUT2D eigenvalue weighted by Crippen LogP contribution is -2.33. The molecule has 0 radical (unpaired) electrons. The van der Waals surface area contributed by atoms with Gasteiger partial charge in [-0.3, -0.25) is 21.3 Å². The second-order valence-corrected chi connectivity index (χ2v) is 11.6. The third kappa shape index (κ3) is 12.0. The van der Waals surface area contributed by atoms with E-state index in [0.29, 0.717) is 0 Å². The molecular formula is C6H16O10S3Si. The van der Waals surface area contributed by atoms with Crippen molar-refractivity contribution in [1.82, 2.24) is 0 Å². The van der Waals surface area contributed by atoms with Crippen molar-refractivity contribution in [2.75, 3.05) is 13.2 Å². The van der Waals surface area contributed by atoms with Gasteiger partial charge in [0.15, 0.2) is 0 Å². The summed E-state index contributed by atoms with van der Waals surface area (Å²) in [5.41, 5.74) is 0. The van der Waals surface area contributed by atoms with Crippen LogP contribution in [0.4, 0.5) is 0 Å². The molecule has 14 heteroatoms. The molecule has 10 nitrogen and oxygen atoms in total. The van der Waals surface area contributed by atoms with E-state index in [-0.39, 0.29) is 0 Å². The predicted molar refractivity (Wildman–Crippen MR) is 71.7 cm³/mol. The molecule has 0 saturated heterocycles. The number of hydrogen-bond acceptors (Lipinski definition) is 8. The SMILES string of the molecule is C[Si](C)(C)OS(=O)(=O)OCC(COS(=O)O)OS(=O)O. The van der Waals surface area contributed by atoms with Crippen LogP contribution in [-0.2, 0) is 49.5 Å². The van der Waals surface area contributed by atoms with Crippen LogP contribution in [0.15, 0.2) is 0 Å². The van der Waals surface area contributed by atoms with Gasteiger partial charge in [-0.1, -0.05) is 0 Å². The van der Waals surface area contributed by atoms with Crippen molar-refractivity contribution in [2.45, 2.75) is 25.7 Å². The molecule has 0 amide bonds. The first-order valence-electron chi connectivity index (χ1n) is 5.03. The molecular weight excluding hydrogens is 356 g/mol. The summed E-state index contributed by atoms with van der Waals surface area (Å²) in [6.07, 6.45) is -1.35. The van der Waals surface area contributed by atoms with Crippen LogP contribution in [-0.4, -0.2) is 53.6 Å². The first kappa shape index (κ1) is 20.2. The van der Waals surface area contributed by atoms with Crippen molar-refractivity contribution in [3.05, 3.63) is 0 Å². The molecule has 0 spiro atoms. The van der Waals surface area contributed by atoms with E-state index < -0.39 is 60.8 Å². The molecule has 3 unspecified atom stereocenters. The van der Waals surface area contributed by atoms with Crippen molar-refractivity contribution in [1.29, 1.82) is 0 Å². The summed E-state index contributed by atoms with van der Waals surface area (Å²) in [6, 6.07) is 0. The Bertz CT molecular complexity index is 442. The topological polar surface area (TPSA) is 146 Å². The van der Waals surface area contributed by atoms with Gasteiger partial charge in [0.25, 0.3) is 0 Å². The fourth-order valence-corrected chi connectivity index (χ4v) is 4.42. The van der Waals surface area contributed by atoms with Gasteiger partial charge in [0, 0.05) is 0 Å². The van der Waals surface area contributed by atoms with Crippen LogP contribution in [0.1, 0.15) is 0 Å². The Hall–Kier alpha value is 0.227. The minimum absolute atomic E-state index is 0.627. The van der Waals surface area contributed by atoms with Gasteiger partial charge in [-0.2, -0.15) is 16.8 Å². The van der Waals surface area contributed by atoms with E-state index in [9.17, 15) is 16.8 Å². The van der Waals surface area contributed by atoms with E-state index in [1.54, 1.807) is 19.6 Å². The van der Waals surface area contributed by atoms with Crippen molar-refractivity contribution in [3.63, 3.8) is 0 Å². The molecule has 2 N–H and O–H groups in total. The molecule has 0 aromatic rings. The Kier molecular flexibility index (Phi) is 8.71. The Balaban J connectivity index is 4.51. The third-order valence-corrected chi connectivity index (χ3v) is 5.34. The summed E-state index contributed by atoms with van der Waals surface area (Å²) in [4.78, 5) is 0. The molecule has 0 rings (SSSR count). The van der Waals surface area contributed by atoms with Crippen molar-refractivity contribution in [3.8, 4) is 0 Å². The summed E-state index contributed by atoms with van der Waals surface area (Å²) >= 11 is -5.36. The maximum absolute atomic E-state index is 11.4. The summed E-state index contributed by atoms with van der Waals surface area (Å²) < 4.78 is 78.3. The van der Waals surface area contributed by atoms with Crippen LogP contribution in [0.25, 0.3) is 0 Å². The van der Waals surface area contributed by atoms with Gasteiger partial charge in [-0.25, -0.2) is 4.18 Å². The quantitative estimate of drug-likeness (QED) is 0.389. The normalized spacial score (nSPS) is 17.6. The Morgan fingerprint density at radius 2 is 1.65 bits per heavy atom. The van der Waals surface area contributed by atoms with Gasteiger partial charge in [-0.05, 0) is 19.6 Å². The van der Waals surface area contributed by atoms with Crippen LogP contribution in [0.2, 0.25) is 19.6 Å². The van der Waals surface area contributed by atoms with E-state index in [1.165, 1.54) is 0 Å². The van der Waals surface area contributed by atoms with E-state index >= 15 is 0 Å². The fourth-order valence-electron chi connectivity index (χ4n) is 0.844. The van der Waals surface area contributed by atoms with E-state index in [4.69, 9.17) is 13.0 Å². The highest BCUT2D eigenvalue weighted by Crippen LogP contribution is 2.11. The summed E-state index contributed by atoms with van der Waals surface area (Å²) in [6.45, 7) is 3.50. The molecule has 0 saturated carbocycles. The van der Waals surface area contributed by atoms with Gasteiger partial charge in [0.2, 0.25) is 8.32 Å². The number of hydrogen-bond donors (Lipinski definition) is 2. The molecule has 3 atom stereocenters. The molecule has 0 aromatic carbocycles. The standard InChI is InChI=1S/C6H16O10S3Si/c1-20(2,3)16-19(11,12)14-5-6(15-18(9)10)4-13-17(7)8/h6H,4-5H2,1-3H3,(H,7,8)(H,9,10). The minimum atomic E-state index is -4.30. The van der Waals surface area contributed by atoms with Crippen LogP contribution < -0.4 is 0 Å². The summed E-state index contributed by atoms with van der Waals surface area (Å²) in [7, 11) is -6.72. The lowest BCUT2D eigenvalue weighted by Gasteiger charge is -2.18. The van der Waals surface area contributed by atoms with Crippen molar-refractivity contribution in [2.24, 2.45) is 0 Å². The van der Waals surface area contributed by atoms with E-state index in [2.05, 4.69) is 12.5 Å². The van der Waals surface area contributed by atoms with Gasteiger partial charge in [0.1, 0.15) is 6.10 Å². The molecule has 0 fully saturated rings. The predicted octanol–water partition coefficient (Wildman–Crippen LogP) is -0.225. The summed E-state index contributed by atoms with van der Waals surface area (Å²) in [5, 5.41) is 0. The zero-order valence-electron chi connectivity index (χ0n) is 10.9. The number of rotatable bonds is 10. The lowest BCUT2D eigenvalue weighted by molar-refractivity contribution is 0.0836. The third-order valence-electron chi connectivity index (χ3n) is 1.32. The van der Waals surface area contributed by atoms with Gasteiger partial charge < -0.3 is 0 Å². The monoisotopic (exact) mass is 372 g/mol. The second-order valence-electron chi connectivity index (χ2n) is 4.33. The molecule has 0 bridgehead atoms. The Labute approximate surface area is 123 Å².